The van der Waals surface area contributed by atoms with Gasteiger partial charge in [-0.05, 0) is 119 Å². The van der Waals surface area contributed by atoms with Crippen LogP contribution >= 0.6 is 9.21 Å². The highest BCUT2D eigenvalue weighted by Gasteiger charge is 2.36. The van der Waals surface area contributed by atoms with E-state index in [0.717, 1.165) is 60.3 Å². The van der Waals surface area contributed by atoms with E-state index in [9.17, 15) is 0 Å². The normalized spacial score (nSPS) is 15.7. The zero-order valence-corrected chi connectivity index (χ0v) is 46.2. The van der Waals surface area contributed by atoms with Crippen molar-refractivity contribution in [1.29, 1.82) is 0 Å². The lowest BCUT2D eigenvalue weighted by molar-refractivity contribution is 0.192. The molecule has 5 atom stereocenters. The summed E-state index contributed by atoms with van der Waals surface area (Å²) >= 11 is 0. The maximum Gasteiger partial charge on any atom is 0.0527 e. The van der Waals surface area contributed by atoms with Gasteiger partial charge in [0.2, 0.25) is 0 Å². The molecule has 1 saturated carbocycles. The zero-order chi connectivity index (χ0) is 50.5. The Kier molecular flexibility index (Phi) is 40.9. The Labute approximate surface area is 403 Å². The maximum atomic E-state index is 4.61. The molecule has 0 aromatic heterocycles. The molecule has 0 spiro atoms. The largest absolute Gasteiger partial charge is 0.391 e. The van der Waals surface area contributed by atoms with Gasteiger partial charge < -0.3 is 21.3 Å². The van der Waals surface area contributed by atoms with E-state index in [1.165, 1.54) is 57.8 Å². The van der Waals surface area contributed by atoms with Crippen molar-refractivity contribution in [1.82, 2.24) is 21.3 Å². The molecule has 2 rings (SSSR count). The van der Waals surface area contributed by atoms with Gasteiger partial charge in [0, 0.05) is 42.1 Å². The lowest BCUT2D eigenvalue weighted by atomic mass is 9.73. The van der Waals surface area contributed by atoms with Crippen LogP contribution in [0.1, 0.15) is 167 Å². The Morgan fingerprint density at radius 2 is 1.45 bits per heavy atom. The zero-order valence-electron chi connectivity index (χ0n) is 45.4. The van der Waals surface area contributed by atoms with Crippen LogP contribution in [0.25, 0.3) is 0 Å². The molecule has 5 unspecified atom stereocenters. The summed E-state index contributed by atoms with van der Waals surface area (Å²) in [5.74, 6) is 9.83. The molecule has 0 aromatic carbocycles. The van der Waals surface area contributed by atoms with Crippen molar-refractivity contribution in [3.8, 4) is 0 Å². The summed E-state index contributed by atoms with van der Waals surface area (Å²) < 4.78 is 0. The summed E-state index contributed by atoms with van der Waals surface area (Å²) in [6, 6.07) is 0.309. The van der Waals surface area contributed by atoms with Crippen LogP contribution in [0.5, 0.6) is 0 Å². The molecule has 1 fully saturated rings. The highest BCUT2D eigenvalue weighted by Crippen LogP contribution is 2.38. The Morgan fingerprint density at radius 1 is 0.891 bits per heavy atom. The van der Waals surface area contributed by atoms with E-state index in [-0.39, 0.29) is 23.4 Å². The van der Waals surface area contributed by atoms with Crippen molar-refractivity contribution >= 4 is 20.9 Å². The summed E-state index contributed by atoms with van der Waals surface area (Å²) in [7, 11) is -0.667. The standard InChI is InChI=1S/C30H52N4.C9H20.C8H14.C5H8.C4H10S.C3H6/c1-12-17-32-23(7)22(6)28(19-26-15-16-26)34-24(8)27(18-25(13-2)20-31-14-3)29(30(9,10)11)33-21(4)5;1-6-7-8(2)9(3,4)5;1-8-6-4-2-3-5-7-8;1-3-5-4-2;1-5(2,3)4;1-3-2/h12,14,25-29,31-34H,1,3-4,6-8,13,15-20H2,2,5,9-11H3;8H,6-7H2,1-5H3;6H,2-5,7H2,1H3;3-5H,1H2,2H3;1-2H2,3-4H3;3H,1H2,2H3/b;;;5-4-;;. The average Bonchev–Trinajstić information content (AvgIpc) is 4.04. The first kappa shape index (κ1) is 67.3. The molecule has 0 amide bonds. The van der Waals surface area contributed by atoms with Gasteiger partial charge in [-0.15, -0.1) is 13.2 Å². The maximum absolute atomic E-state index is 4.61. The van der Waals surface area contributed by atoms with Gasteiger partial charge >= 0.3 is 0 Å². The van der Waals surface area contributed by atoms with E-state index in [0.29, 0.717) is 17.9 Å². The van der Waals surface area contributed by atoms with Gasteiger partial charge in [-0.3, -0.25) is 0 Å². The second kappa shape index (κ2) is 38.9. The SMILES string of the molecule is C=C/C=C\C.C=CC.C=CCNC(=C)C(=C)C(CC1CC1)NC(=C)C(CC(CC)CNC=C)C(NC(=C)C)C(C)(C)C.C=S(=C)(C)C.CC1=CCCCCC1.CCCC(C)C(C)(C)C. The van der Waals surface area contributed by atoms with Crippen LogP contribution in [0.15, 0.2) is 124 Å². The van der Waals surface area contributed by atoms with E-state index >= 15 is 0 Å². The van der Waals surface area contributed by atoms with Gasteiger partial charge in [-0.25, -0.2) is 9.21 Å². The first-order valence-electron chi connectivity index (χ1n) is 24.4. The van der Waals surface area contributed by atoms with E-state index in [2.05, 4.69) is 161 Å². The molecular weight excluding hydrogens is 797 g/mol. The molecule has 0 aromatic rings. The first-order valence-corrected chi connectivity index (χ1v) is 27.2. The Morgan fingerprint density at radius 3 is 1.83 bits per heavy atom. The van der Waals surface area contributed by atoms with Gasteiger partial charge in [-0.1, -0.05) is 194 Å². The van der Waals surface area contributed by atoms with Crippen LogP contribution in [0.3, 0.4) is 0 Å². The van der Waals surface area contributed by atoms with Crippen molar-refractivity contribution < 1.29 is 0 Å². The molecule has 0 saturated heterocycles. The number of rotatable bonds is 22. The fraction of sp³-hybridized carbons (Fsp3) is 0.627. The average molecular weight is 908 g/mol. The molecule has 0 bridgehead atoms. The lowest BCUT2D eigenvalue weighted by Crippen LogP contribution is -2.49. The Bertz CT molecular complexity index is 1460. The molecular formula is C59H110N4S. The second-order valence-corrected chi connectivity index (χ2v) is 24.2. The van der Waals surface area contributed by atoms with Crippen molar-refractivity contribution in [2.45, 2.75) is 179 Å². The lowest BCUT2D eigenvalue weighted by Gasteiger charge is -2.42. The molecule has 0 radical (unpaired) electrons. The summed E-state index contributed by atoms with van der Waals surface area (Å²) in [4.78, 5) is 0. The molecule has 5 heteroatoms. The third kappa shape index (κ3) is 42.6. The third-order valence-corrected chi connectivity index (χ3v) is 11.1. The highest BCUT2D eigenvalue weighted by atomic mass is 32.2. The van der Waals surface area contributed by atoms with Crippen LogP contribution in [-0.4, -0.2) is 49.4 Å². The number of hydrogen-bond acceptors (Lipinski definition) is 4. The smallest absolute Gasteiger partial charge is 0.0527 e. The Balaban J connectivity index is -0.000000477. The van der Waals surface area contributed by atoms with Gasteiger partial charge in [0.05, 0.1) is 6.04 Å². The summed E-state index contributed by atoms with van der Waals surface area (Å²) in [6.07, 6.45) is 32.8. The van der Waals surface area contributed by atoms with Crippen molar-refractivity contribution in [2.75, 3.05) is 25.6 Å². The number of nitrogens with one attached hydrogen (secondary N) is 4. The van der Waals surface area contributed by atoms with Crippen LogP contribution in [0, 0.1) is 34.5 Å². The summed E-state index contributed by atoms with van der Waals surface area (Å²) in [5.41, 5.74) is 6.06. The third-order valence-electron chi connectivity index (χ3n) is 11.1. The van der Waals surface area contributed by atoms with Crippen LogP contribution in [0.4, 0.5) is 0 Å². The quantitative estimate of drug-likeness (QED) is 0.0497. The van der Waals surface area contributed by atoms with E-state index in [4.69, 9.17) is 0 Å². The minimum Gasteiger partial charge on any atom is -0.391 e. The van der Waals surface area contributed by atoms with Crippen molar-refractivity contribution in [3.63, 3.8) is 0 Å². The molecule has 0 aliphatic heterocycles. The molecule has 4 N–H and O–H groups in total. The van der Waals surface area contributed by atoms with E-state index in [1.807, 2.05) is 51.5 Å². The molecule has 372 valence electrons. The van der Waals surface area contributed by atoms with E-state index < -0.39 is 9.21 Å². The second-order valence-electron chi connectivity index (χ2n) is 20.7. The topological polar surface area (TPSA) is 48.1 Å². The van der Waals surface area contributed by atoms with Gasteiger partial charge in [0.15, 0.2) is 0 Å². The van der Waals surface area contributed by atoms with Crippen LogP contribution < -0.4 is 21.3 Å². The Hall–Kier alpha value is -3.31. The first-order chi connectivity index (χ1) is 29.6. The highest BCUT2D eigenvalue weighted by molar-refractivity contribution is 8.26. The minimum atomic E-state index is -0.667. The number of allylic oxidation sites excluding steroid dienone is 7. The van der Waals surface area contributed by atoms with Crippen LogP contribution in [-0.2, 0) is 0 Å². The van der Waals surface area contributed by atoms with Crippen molar-refractivity contribution in [3.05, 3.63) is 124 Å². The fourth-order valence-corrected chi connectivity index (χ4v) is 6.67. The van der Waals surface area contributed by atoms with Gasteiger partial charge in [-0.2, -0.15) is 0 Å². The monoisotopic (exact) mass is 907 g/mol. The molecule has 0 heterocycles. The predicted octanol–water partition coefficient (Wildman–Crippen LogP) is 16.6. The molecule has 2 aliphatic carbocycles. The molecule has 2 aliphatic rings. The van der Waals surface area contributed by atoms with Crippen LogP contribution in [0.2, 0.25) is 0 Å². The molecule has 4 nitrogen and oxygen atoms in total. The van der Waals surface area contributed by atoms with Gasteiger partial charge in [0.25, 0.3) is 0 Å². The van der Waals surface area contributed by atoms with Crippen molar-refractivity contribution in [2.24, 2.45) is 34.5 Å². The van der Waals surface area contributed by atoms with E-state index in [1.54, 1.807) is 23.9 Å². The number of hydrogen-bond donors (Lipinski definition) is 4. The fourth-order valence-electron chi connectivity index (χ4n) is 6.67. The minimum absolute atomic E-state index is 0.0243. The molecule has 64 heavy (non-hydrogen) atoms. The van der Waals surface area contributed by atoms with Gasteiger partial charge in [0.1, 0.15) is 0 Å². The predicted molar refractivity (Wildman–Crippen MR) is 306 cm³/mol. The summed E-state index contributed by atoms with van der Waals surface area (Å²) in [5, 5.41) is 14.2. The summed E-state index contributed by atoms with van der Waals surface area (Å²) in [6.45, 7) is 62.2.